The van der Waals surface area contributed by atoms with Crippen molar-refractivity contribution in [1.29, 1.82) is 0 Å². The Hall–Kier alpha value is -1.29. The van der Waals surface area contributed by atoms with Gasteiger partial charge in [0.15, 0.2) is 22.4 Å². The Morgan fingerprint density at radius 1 is 0.886 bits per heavy atom. The smallest absolute Gasteiger partial charge is 0.338 e. The van der Waals surface area contributed by atoms with E-state index in [0.29, 0.717) is 36.4 Å². The van der Waals surface area contributed by atoms with E-state index in [9.17, 15) is 9.59 Å². The third-order valence-corrected chi connectivity index (χ3v) is 15.3. The van der Waals surface area contributed by atoms with Crippen molar-refractivity contribution in [1.82, 2.24) is 0 Å². The van der Waals surface area contributed by atoms with Crippen molar-refractivity contribution >= 4 is 28.4 Å². The van der Waals surface area contributed by atoms with Gasteiger partial charge in [-0.3, -0.25) is 4.79 Å². The largest absolute Gasteiger partial charge is 0.462 e. The zero-order chi connectivity index (χ0) is 25.3. The summed E-state index contributed by atoms with van der Waals surface area (Å²) >= 11 is 0. The molecule has 7 heteroatoms. The number of ketones is 1. The number of rotatable bonds is 10. The Morgan fingerprint density at radius 2 is 1.46 bits per heavy atom. The van der Waals surface area contributed by atoms with Gasteiger partial charge in [-0.2, -0.15) is 0 Å². The summed E-state index contributed by atoms with van der Waals surface area (Å²) in [6.07, 6.45) is 10.2. The molecule has 4 unspecified atom stereocenters. The molecule has 0 bridgehead atoms. The van der Waals surface area contributed by atoms with E-state index in [-0.39, 0.29) is 11.8 Å². The van der Waals surface area contributed by atoms with Crippen molar-refractivity contribution < 1.29 is 23.2 Å². The van der Waals surface area contributed by atoms with Crippen LogP contribution in [-0.4, -0.2) is 47.2 Å². The molecule has 2 aliphatic rings. The molecular weight excluding hydrogens is 472 g/mol. The van der Waals surface area contributed by atoms with Gasteiger partial charge in [-0.15, -0.1) is 0 Å². The molecule has 5 nitrogen and oxygen atoms in total. The zero-order valence-electron chi connectivity index (χ0n) is 22.4. The monoisotopic (exact) mass is 518 g/mol. The molecule has 196 valence electrons. The highest BCUT2D eigenvalue weighted by atomic mass is 28.4. The first-order valence-corrected chi connectivity index (χ1v) is 19.5. The van der Waals surface area contributed by atoms with Crippen LogP contribution in [0.4, 0.5) is 0 Å². The summed E-state index contributed by atoms with van der Waals surface area (Å²) in [7, 11) is -3.43. The number of hydrogen-bond donors (Lipinski definition) is 0. The van der Waals surface area contributed by atoms with Crippen molar-refractivity contribution in [2.24, 2.45) is 0 Å². The lowest BCUT2D eigenvalue weighted by atomic mass is 10.0. The minimum Gasteiger partial charge on any atom is -0.462 e. The summed E-state index contributed by atoms with van der Waals surface area (Å²) in [5.41, 5.74) is 1.06. The van der Waals surface area contributed by atoms with Crippen molar-refractivity contribution in [3.63, 3.8) is 0 Å². The average molecular weight is 519 g/mol. The van der Waals surface area contributed by atoms with Crippen LogP contribution in [-0.2, 0) is 13.6 Å². The molecule has 3 rings (SSSR count). The third kappa shape index (κ3) is 9.26. The summed E-state index contributed by atoms with van der Waals surface area (Å²) in [5, 5.41) is 0. The molecule has 0 aliphatic carbocycles. The summed E-state index contributed by atoms with van der Waals surface area (Å²) in [6, 6.07) is 11.5. The van der Waals surface area contributed by atoms with Gasteiger partial charge in [-0.05, 0) is 88.9 Å². The van der Waals surface area contributed by atoms with Crippen molar-refractivity contribution in [3.05, 3.63) is 35.4 Å². The van der Waals surface area contributed by atoms with E-state index in [0.717, 1.165) is 37.8 Å². The Morgan fingerprint density at radius 3 is 2.09 bits per heavy atom. The van der Waals surface area contributed by atoms with Crippen molar-refractivity contribution in [2.45, 2.75) is 121 Å². The highest BCUT2D eigenvalue weighted by Crippen LogP contribution is 2.30. The number of benzene rings is 1. The number of hydrogen-bond acceptors (Lipinski definition) is 5. The molecular formula is C28H46O5Si2. The maximum absolute atomic E-state index is 12.8. The number of carbonyl (C=O) groups excluding carboxylic acids is 2. The van der Waals surface area contributed by atoms with Gasteiger partial charge in [0, 0.05) is 24.2 Å². The Labute approximate surface area is 214 Å². The van der Waals surface area contributed by atoms with Crippen LogP contribution in [0.25, 0.3) is 0 Å². The molecule has 4 atom stereocenters. The fourth-order valence-corrected chi connectivity index (χ4v) is 12.7. The summed E-state index contributed by atoms with van der Waals surface area (Å²) in [4.78, 5) is 25.5. The SMILES string of the molecule is CC1CCCC[Si](C)(CCCOC(=O)c2cccc(C(=O)CCC[Si]3(C)CCCCC(C)O3)c2)O1. The summed E-state index contributed by atoms with van der Waals surface area (Å²) < 4.78 is 18.3. The summed E-state index contributed by atoms with van der Waals surface area (Å²) in [5.74, 6) is -0.250. The van der Waals surface area contributed by atoms with Gasteiger partial charge in [-0.1, -0.05) is 37.8 Å². The van der Waals surface area contributed by atoms with Gasteiger partial charge < -0.3 is 13.6 Å². The molecule has 0 radical (unpaired) electrons. The van der Waals surface area contributed by atoms with Crippen LogP contribution in [0.5, 0.6) is 0 Å². The highest BCUT2D eigenvalue weighted by molar-refractivity contribution is 6.73. The zero-order valence-corrected chi connectivity index (χ0v) is 24.4. The lowest BCUT2D eigenvalue weighted by Crippen LogP contribution is -2.36. The predicted octanol–water partition coefficient (Wildman–Crippen LogP) is 7.53. The lowest BCUT2D eigenvalue weighted by Gasteiger charge is -2.28. The topological polar surface area (TPSA) is 61.8 Å². The van der Waals surface area contributed by atoms with E-state index in [1.165, 1.54) is 37.8 Å². The molecule has 2 heterocycles. The van der Waals surface area contributed by atoms with Gasteiger partial charge in [0.2, 0.25) is 0 Å². The number of carbonyl (C=O) groups is 2. The fraction of sp³-hybridized carbons (Fsp3) is 0.714. The Bertz CT molecular complexity index is 846. The van der Waals surface area contributed by atoms with Crippen LogP contribution < -0.4 is 0 Å². The van der Waals surface area contributed by atoms with Gasteiger partial charge in [0.25, 0.3) is 0 Å². The first-order valence-electron chi connectivity index (χ1n) is 13.8. The van der Waals surface area contributed by atoms with Crippen LogP contribution in [0.1, 0.15) is 92.4 Å². The third-order valence-electron chi connectivity index (χ3n) is 7.72. The van der Waals surface area contributed by atoms with Gasteiger partial charge >= 0.3 is 5.97 Å². The van der Waals surface area contributed by atoms with Crippen LogP contribution in [0.2, 0.25) is 37.3 Å². The second-order valence-electron chi connectivity index (χ2n) is 11.3. The van der Waals surface area contributed by atoms with E-state index in [4.69, 9.17) is 13.6 Å². The van der Waals surface area contributed by atoms with Crippen LogP contribution >= 0.6 is 0 Å². The van der Waals surface area contributed by atoms with E-state index >= 15 is 0 Å². The molecule has 2 saturated heterocycles. The molecule has 1 aromatic carbocycles. The van der Waals surface area contributed by atoms with E-state index < -0.39 is 16.6 Å². The van der Waals surface area contributed by atoms with Gasteiger partial charge in [0.1, 0.15) is 0 Å². The number of Topliss-reactive ketones (excluding diaryl/α,β-unsaturated/α-hetero) is 1. The van der Waals surface area contributed by atoms with Crippen LogP contribution in [0.15, 0.2) is 24.3 Å². The first-order chi connectivity index (χ1) is 16.7. The quantitative estimate of drug-likeness (QED) is 0.139. The molecule has 2 fully saturated rings. The van der Waals surface area contributed by atoms with Crippen LogP contribution in [0.3, 0.4) is 0 Å². The van der Waals surface area contributed by atoms with E-state index in [1.807, 2.05) is 0 Å². The predicted molar refractivity (Wildman–Crippen MR) is 146 cm³/mol. The van der Waals surface area contributed by atoms with Gasteiger partial charge in [0.05, 0.1) is 12.2 Å². The first kappa shape index (κ1) is 28.3. The fourth-order valence-electron chi connectivity index (χ4n) is 5.72. The second-order valence-corrected chi connectivity index (χ2v) is 19.6. The van der Waals surface area contributed by atoms with Crippen molar-refractivity contribution in [3.8, 4) is 0 Å². The average Bonchev–Trinajstić information content (AvgIpc) is 3.10. The van der Waals surface area contributed by atoms with E-state index in [2.05, 4.69) is 26.9 Å². The van der Waals surface area contributed by atoms with Crippen molar-refractivity contribution in [2.75, 3.05) is 6.61 Å². The molecule has 0 aromatic heterocycles. The Balaban J connectivity index is 1.43. The minimum atomic E-state index is -1.72. The van der Waals surface area contributed by atoms with E-state index in [1.54, 1.807) is 24.3 Å². The maximum atomic E-state index is 12.8. The minimum absolute atomic E-state index is 0.0949. The standard InChI is InChI=1S/C28H46O5Si2/c1-23-12-5-7-18-34(3,32-23)20-10-16-27(29)25-14-9-15-26(22-25)28(30)31-17-11-21-35(4)19-8-6-13-24(2)33-35/h9,14-15,22-24H,5-8,10-13,16-21H2,1-4H3. The maximum Gasteiger partial charge on any atom is 0.338 e. The second kappa shape index (κ2) is 13.3. The molecule has 0 N–H and O–H groups in total. The lowest BCUT2D eigenvalue weighted by molar-refractivity contribution is 0.0502. The molecule has 0 spiro atoms. The molecule has 0 amide bonds. The molecule has 1 aromatic rings. The van der Waals surface area contributed by atoms with Crippen LogP contribution in [0, 0.1) is 0 Å². The molecule has 0 saturated carbocycles. The molecule has 35 heavy (non-hydrogen) atoms. The summed E-state index contributed by atoms with van der Waals surface area (Å²) in [6.45, 7) is 9.40. The Kier molecular flexibility index (Phi) is 10.8. The highest BCUT2D eigenvalue weighted by Gasteiger charge is 2.33. The molecule has 2 aliphatic heterocycles. The number of esters is 1. The number of ether oxygens (including phenoxy) is 1. The van der Waals surface area contributed by atoms with Gasteiger partial charge in [-0.25, -0.2) is 4.79 Å². The normalized spacial score (nSPS) is 29.7.